The SMILES string of the molecule is Cc1ccc2[nH]c(=O)c(-c3nc4ccccn4c3NCCc3ccccc3)cc2c1. The Balaban J connectivity index is 1.59. The van der Waals surface area contributed by atoms with Crippen LogP contribution in [0.3, 0.4) is 0 Å². The van der Waals surface area contributed by atoms with E-state index in [2.05, 4.69) is 28.5 Å². The van der Waals surface area contributed by atoms with Gasteiger partial charge in [0, 0.05) is 18.3 Å². The minimum absolute atomic E-state index is 0.138. The van der Waals surface area contributed by atoms with Crippen LogP contribution in [0.4, 0.5) is 5.82 Å². The first-order valence-electron chi connectivity index (χ1n) is 10.1. The predicted molar refractivity (Wildman–Crippen MR) is 122 cm³/mol. The lowest BCUT2D eigenvalue weighted by molar-refractivity contribution is 0.999. The van der Waals surface area contributed by atoms with Gasteiger partial charge in [-0.25, -0.2) is 4.98 Å². The number of aryl methyl sites for hydroxylation is 1. The number of aromatic nitrogens is 3. The molecule has 0 unspecified atom stereocenters. The molecule has 0 amide bonds. The molecule has 0 aliphatic rings. The maximum atomic E-state index is 12.9. The van der Waals surface area contributed by atoms with Crippen LogP contribution < -0.4 is 10.9 Å². The maximum Gasteiger partial charge on any atom is 0.258 e. The first kappa shape index (κ1) is 18.2. The Bertz CT molecular complexity index is 1400. The Morgan fingerprint density at radius 1 is 1.00 bits per heavy atom. The average molecular weight is 394 g/mol. The van der Waals surface area contributed by atoms with E-state index in [0.717, 1.165) is 40.9 Å². The molecule has 5 rings (SSSR count). The number of hydrogen-bond donors (Lipinski definition) is 2. The van der Waals surface area contributed by atoms with E-state index in [1.54, 1.807) is 0 Å². The lowest BCUT2D eigenvalue weighted by Crippen LogP contribution is -2.12. The van der Waals surface area contributed by atoms with Crippen LogP contribution in [0.25, 0.3) is 27.8 Å². The molecule has 5 heteroatoms. The van der Waals surface area contributed by atoms with Crippen molar-refractivity contribution in [3.8, 4) is 11.3 Å². The minimum atomic E-state index is -0.138. The number of aromatic amines is 1. The molecule has 2 N–H and O–H groups in total. The smallest absolute Gasteiger partial charge is 0.258 e. The molecule has 3 heterocycles. The van der Waals surface area contributed by atoms with E-state index in [1.165, 1.54) is 5.56 Å². The molecule has 0 saturated carbocycles. The Labute approximate surface area is 174 Å². The molecule has 148 valence electrons. The van der Waals surface area contributed by atoms with Crippen molar-refractivity contribution in [2.75, 3.05) is 11.9 Å². The third-order valence-corrected chi connectivity index (χ3v) is 5.33. The minimum Gasteiger partial charge on any atom is -0.369 e. The van der Waals surface area contributed by atoms with Crippen LogP contribution in [-0.4, -0.2) is 20.9 Å². The molecule has 0 aliphatic heterocycles. The van der Waals surface area contributed by atoms with E-state index in [-0.39, 0.29) is 5.56 Å². The lowest BCUT2D eigenvalue weighted by atomic mass is 10.1. The number of anilines is 1. The van der Waals surface area contributed by atoms with Gasteiger partial charge in [0.15, 0.2) is 0 Å². The van der Waals surface area contributed by atoms with Crippen molar-refractivity contribution < 1.29 is 0 Å². The summed E-state index contributed by atoms with van der Waals surface area (Å²) in [6.45, 7) is 2.79. The molecule has 30 heavy (non-hydrogen) atoms. The highest BCUT2D eigenvalue weighted by Crippen LogP contribution is 2.28. The number of rotatable bonds is 5. The van der Waals surface area contributed by atoms with Gasteiger partial charge in [-0.05, 0) is 54.6 Å². The van der Waals surface area contributed by atoms with Crippen LogP contribution >= 0.6 is 0 Å². The summed E-state index contributed by atoms with van der Waals surface area (Å²) in [5, 5.41) is 4.51. The standard InChI is InChI=1S/C25H22N4O/c1-17-10-11-21-19(15-17)16-20(25(30)27-21)23-24(29-14-6-5-9-22(29)28-23)26-13-12-18-7-3-2-4-8-18/h2-11,14-16,26H,12-13H2,1H3,(H,27,30). The van der Waals surface area contributed by atoms with Crippen molar-refractivity contribution in [2.45, 2.75) is 13.3 Å². The molecular formula is C25H22N4O. The molecule has 5 aromatic rings. The number of nitrogens with one attached hydrogen (secondary N) is 2. The monoisotopic (exact) mass is 394 g/mol. The van der Waals surface area contributed by atoms with Gasteiger partial charge in [-0.2, -0.15) is 0 Å². The van der Waals surface area contributed by atoms with Crippen molar-refractivity contribution in [2.24, 2.45) is 0 Å². The topological polar surface area (TPSA) is 62.2 Å². The zero-order valence-corrected chi connectivity index (χ0v) is 16.7. The first-order chi connectivity index (χ1) is 14.7. The summed E-state index contributed by atoms with van der Waals surface area (Å²) in [5.41, 5.74) is 5.14. The highest BCUT2D eigenvalue weighted by atomic mass is 16.1. The van der Waals surface area contributed by atoms with Gasteiger partial charge in [-0.3, -0.25) is 9.20 Å². The second-order valence-electron chi connectivity index (χ2n) is 7.50. The lowest BCUT2D eigenvalue weighted by Gasteiger charge is -2.09. The summed E-state index contributed by atoms with van der Waals surface area (Å²) >= 11 is 0. The Hall–Kier alpha value is -3.86. The van der Waals surface area contributed by atoms with Gasteiger partial charge in [0.1, 0.15) is 17.2 Å². The molecule has 0 radical (unpaired) electrons. The number of imidazole rings is 1. The van der Waals surface area contributed by atoms with E-state index in [1.807, 2.05) is 72.1 Å². The fourth-order valence-corrected chi connectivity index (χ4v) is 3.82. The third kappa shape index (κ3) is 3.35. The van der Waals surface area contributed by atoms with Crippen LogP contribution in [0, 0.1) is 6.92 Å². The van der Waals surface area contributed by atoms with Crippen molar-refractivity contribution in [1.82, 2.24) is 14.4 Å². The zero-order valence-electron chi connectivity index (χ0n) is 16.7. The van der Waals surface area contributed by atoms with Gasteiger partial charge >= 0.3 is 0 Å². The van der Waals surface area contributed by atoms with E-state index in [0.29, 0.717) is 11.3 Å². The molecule has 2 aromatic carbocycles. The molecule has 0 atom stereocenters. The summed E-state index contributed by atoms with van der Waals surface area (Å²) in [4.78, 5) is 20.7. The molecule has 0 saturated heterocycles. The number of hydrogen-bond acceptors (Lipinski definition) is 3. The fourth-order valence-electron chi connectivity index (χ4n) is 3.82. The summed E-state index contributed by atoms with van der Waals surface area (Å²) in [5.74, 6) is 0.832. The molecule has 0 aliphatic carbocycles. The Morgan fingerprint density at radius 2 is 1.83 bits per heavy atom. The quantitative estimate of drug-likeness (QED) is 0.450. The molecule has 5 nitrogen and oxygen atoms in total. The maximum absolute atomic E-state index is 12.9. The van der Waals surface area contributed by atoms with Gasteiger partial charge in [0.05, 0.1) is 5.56 Å². The highest BCUT2D eigenvalue weighted by molar-refractivity contribution is 5.86. The van der Waals surface area contributed by atoms with Gasteiger partial charge in [0.2, 0.25) is 0 Å². The van der Waals surface area contributed by atoms with Gasteiger partial charge in [-0.1, -0.05) is 48.0 Å². The van der Waals surface area contributed by atoms with Gasteiger partial charge in [0.25, 0.3) is 5.56 Å². The van der Waals surface area contributed by atoms with Crippen LogP contribution in [0.1, 0.15) is 11.1 Å². The Morgan fingerprint density at radius 3 is 2.70 bits per heavy atom. The number of H-pyrrole nitrogens is 1. The summed E-state index contributed by atoms with van der Waals surface area (Å²) < 4.78 is 2.00. The van der Waals surface area contributed by atoms with Gasteiger partial charge < -0.3 is 10.3 Å². The van der Waals surface area contributed by atoms with Crippen LogP contribution in [0.15, 0.2) is 83.8 Å². The molecular weight excluding hydrogens is 372 g/mol. The fraction of sp³-hybridized carbons (Fsp3) is 0.120. The predicted octanol–water partition coefficient (Wildman–Crippen LogP) is 4.81. The van der Waals surface area contributed by atoms with E-state index in [4.69, 9.17) is 4.98 Å². The van der Waals surface area contributed by atoms with Crippen molar-refractivity contribution >= 4 is 22.4 Å². The number of benzene rings is 2. The number of pyridine rings is 2. The van der Waals surface area contributed by atoms with E-state index >= 15 is 0 Å². The number of nitrogens with zero attached hydrogens (tertiary/aromatic N) is 2. The van der Waals surface area contributed by atoms with Crippen LogP contribution in [-0.2, 0) is 6.42 Å². The largest absolute Gasteiger partial charge is 0.369 e. The zero-order chi connectivity index (χ0) is 20.5. The highest BCUT2D eigenvalue weighted by Gasteiger charge is 2.17. The molecule has 0 fully saturated rings. The number of fused-ring (bicyclic) bond motifs is 2. The van der Waals surface area contributed by atoms with Crippen molar-refractivity contribution in [1.29, 1.82) is 0 Å². The molecule has 0 bridgehead atoms. The van der Waals surface area contributed by atoms with Crippen molar-refractivity contribution in [3.63, 3.8) is 0 Å². The van der Waals surface area contributed by atoms with Crippen LogP contribution in [0.5, 0.6) is 0 Å². The Kier molecular flexibility index (Phi) is 4.56. The first-order valence-corrected chi connectivity index (χ1v) is 10.1. The second kappa shape index (κ2) is 7.52. The van der Waals surface area contributed by atoms with E-state index < -0.39 is 0 Å². The van der Waals surface area contributed by atoms with Crippen LogP contribution in [0.2, 0.25) is 0 Å². The van der Waals surface area contributed by atoms with Gasteiger partial charge in [-0.15, -0.1) is 0 Å². The third-order valence-electron chi connectivity index (χ3n) is 5.33. The average Bonchev–Trinajstić information content (AvgIpc) is 3.13. The second-order valence-corrected chi connectivity index (χ2v) is 7.50. The molecule has 0 spiro atoms. The summed E-state index contributed by atoms with van der Waals surface area (Å²) in [6.07, 6.45) is 2.85. The summed E-state index contributed by atoms with van der Waals surface area (Å²) in [6, 6.07) is 24.2. The molecule has 3 aromatic heterocycles. The normalized spacial score (nSPS) is 11.2. The van der Waals surface area contributed by atoms with Crippen molar-refractivity contribution in [3.05, 3.63) is 100 Å². The summed E-state index contributed by atoms with van der Waals surface area (Å²) in [7, 11) is 0. The van der Waals surface area contributed by atoms with E-state index in [9.17, 15) is 4.79 Å².